The molecule has 0 saturated carbocycles. The van der Waals surface area contributed by atoms with Crippen LogP contribution in [0, 0.1) is 0 Å². The van der Waals surface area contributed by atoms with Crippen LogP contribution in [0.15, 0.2) is 4.52 Å². The largest absolute Gasteiger partial charge is 0.339 e. The highest BCUT2D eigenvalue weighted by Gasteiger charge is 2.29. The van der Waals surface area contributed by atoms with E-state index < -0.39 is 0 Å². The molecule has 17 heavy (non-hydrogen) atoms. The average Bonchev–Trinajstić information content (AvgIpc) is 2.89. The van der Waals surface area contributed by atoms with Crippen LogP contribution in [0.2, 0.25) is 0 Å². The van der Waals surface area contributed by atoms with Gasteiger partial charge in [-0.1, -0.05) is 12.1 Å². The van der Waals surface area contributed by atoms with Gasteiger partial charge in [0.1, 0.15) is 0 Å². The molecule has 5 nitrogen and oxygen atoms in total. The molecule has 2 fully saturated rings. The highest BCUT2D eigenvalue weighted by Crippen LogP contribution is 2.21. The molecular formula is C12H20N4O. The molecule has 0 radical (unpaired) electrons. The third kappa shape index (κ3) is 2.50. The summed E-state index contributed by atoms with van der Waals surface area (Å²) in [5.74, 6) is 1.58. The van der Waals surface area contributed by atoms with Gasteiger partial charge in [0.25, 0.3) is 0 Å². The van der Waals surface area contributed by atoms with Crippen molar-refractivity contribution < 1.29 is 4.52 Å². The molecule has 3 heterocycles. The van der Waals surface area contributed by atoms with E-state index in [0.29, 0.717) is 6.04 Å². The van der Waals surface area contributed by atoms with Crippen LogP contribution in [0.5, 0.6) is 0 Å². The lowest BCUT2D eigenvalue weighted by molar-refractivity contribution is 0.241. The maximum Gasteiger partial charge on any atom is 0.226 e. The third-order valence-corrected chi connectivity index (χ3v) is 3.78. The Morgan fingerprint density at radius 1 is 1.35 bits per heavy atom. The minimum Gasteiger partial charge on any atom is -0.339 e. The second-order valence-electron chi connectivity index (χ2n) is 5.12. The third-order valence-electron chi connectivity index (χ3n) is 3.78. The molecule has 2 aliphatic heterocycles. The summed E-state index contributed by atoms with van der Waals surface area (Å²) in [5.41, 5.74) is 0. The molecule has 0 amide bonds. The van der Waals surface area contributed by atoms with Gasteiger partial charge >= 0.3 is 0 Å². The van der Waals surface area contributed by atoms with Crippen LogP contribution < -0.4 is 5.32 Å². The number of hydrogen-bond donors (Lipinski definition) is 1. The van der Waals surface area contributed by atoms with Gasteiger partial charge in [0.2, 0.25) is 5.89 Å². The minimum atomic E-state index is 0.667. The Kier molecular flexibility index (Phi) is 3.11. The number of hydrogen-bond acceptors (Lipinski definition) is 5. The summed E-state index contributed by atoms with van der Waals surface area (Å²) in [6.45, 7) is 5.12. The monoisotopic (exact) mass is 236 g/mol. The molecule has 0 aromatic carbocycles. The molecular weight excluding hydrogens is 216 g/mol. The average molecular weight is 236 g/mol. The maximum atomic E-state index is 5.15. The fourth-order valence-corrected chi connectivity index (χ4v) is 2.86. The fraction of sp³-hybridized carbons (Fsp3) is 0.833. The van der Waals surface area contributed by atoms with Crippen molar-refractivity contribution in [2.45, 2.75) is 51.2 Å². The maximum absolute atomic E-state index is 5.15. The number of rotatable bonds is 3. The van der Waals surface area contributed by atoms with Crippen LogP contribution in [0.4, 0.5) is 0 Å². The summed E-state index contributed by atoms with van der Waals surface area (Å²) in [5, 5.41) is 7.70. The number of aryl methyl sites for hydroxylation is 1. The lowest BCUT2D eigenvalue weighted by atomic mass is 10.1. The SMILES string of the molecule is CCc1nc(CN2CCC3CCC(C2)N3)no1. The Hall–Kier alpha value is -0.940. The van der Waals surface area contributed by atoms with Crippen LogP contribution in [0.3, 0.4) is 0 Å². The molecule has 0 aliphatic carbocycles. The second kappa shape index (κ2) is 4.74. The van der Waals surface area contributed by atoms with Crippen molar-refractivity contribution in [1.82, 2.24) is 20.4 Å². The van der Waals surface area contributed by atoms with Crippen molar-refractivity contribution in [3.8, 4) is 0 Å². The first-order chi connectivity index (χ1) is 8.33. The predicted octanol–water partition coefficient (Wildman–Crippen LogP) is 0.958. The van der Waals surface area contributed by atoms with Gasteiger partial charge in [-0.05, 0) is 19.3 Å². The highest BCUT2D eigenvalue weighted by molar-refractivity contribution is 4.92. The van der Waals surface area contributed by atoms with Crippen molar-refractivity contribution in [3.63, 3.8) is 0 Å². The van der Waals surface area contributed by atoms with Crippen molar-refractivity contribution in [2.75, 3.05) is 13.1 Å². The number of nitrogens with zero attached hydrogens (tertiary/aromatic N) is 3. The summed E-state index contributed by atoms with van der Waals surface area (Å²) >= 11 is 0. The second-order valence-corrected chi connectivity index (χ2v) is 5.12. The van der Waals surface area contributed by atoms with Crippen molar-refractivity contribution in [3.05, 3.63) is 11.7 Å². The van der Waals surface area contributed by atoms with Gasteiger partial charge in [-0.3, -0.25) is 4.90 Å². The molecule has 0 spiro atoms. The van der Waals surface area contributed by atoms with Crippen LogP contribution in [-0.2, 0) is 13.0 Å². The predicted molar refractivity (Wildman–Crippen MR) is 63.5 cm³/mol. The van der Waals surface area contributed by atoms with Gasteiger partial charge < -0.3 is 9.84 Å². The van der Waals surface area contributed by atoms with Gasteiger partial charge in [-0.2, -0.15) is 4.98 Å². The number of likely N-dealkylation sites (tertiary alicyclic amines) is 1. The normalized spacial score (nSPS) is 29.5. The van der Waals surface area contributed by atoms with Crippen LogP contribution in [0.25, 0.3) is 0 Å². The Labute approximate surface area is 102 Å². The molecule has 2 saturated heterocycles. The molecule has 1 N–H and O–H groups in total. The summed E-state index contributed by atoms with van der Waals surface area (Å²) < 4.78 is 5.15. The molecule has 3 rings (SSSR count). The van der Waals surface area contributed by atoms with E-state index in [2.05, 4.69) is 20.4 Å². The van der Waals surface area contributed by atoms with Gasteiger partial charge in [0.05, 0.1) is 6.54 Å². The van der Waals surface area contributed by atoms with Gasteiger partial charge in [0.15, 0.2) is 5.82 Å². The van der Waals surface area contributed by atoms with E-state index in [1.165, 1.54) is 19.3 Å². The minimum absolute atomic E-state index is 0.667. The molecule has 2 aliphatic rings. The quantitative estimate of drug-likeness (QED) is 0.847. The topological polar surface area (TPSA) is 54.2 Å². The van der Waals surface area contributed by atoms with Crippen molar-refractivity contribution >= 4 is 0 Å². The first-order valence-electron chi connectivity index (χ1n) is 6.63. The fourth-order valence-electron chi connectivity index (χ4n) is 2.86. The zero-order chi connectivity index (χ0) is 11.7. The lowest BCUT2D eigenvalue weighted by Crippen LogP contribution is -2.35. The van der Waals surface area contributed by atoms with E-state index in [4.69, 9.17) is 4.52 Å². The number of nitrogens with one attached hydrogen (secondary N) is 1. The molecule has 1 aromatic rings. The zero-order valence-electron chi connectivity index (χ0n) is 10.4. The lowest BCUT2D eigenvalue weighted by Gasteiger charge is -2.22. The van der Waals surface area contributed by atoms with Crippen molar-refractivity contribution in [1.29, 1.82) is 0 Å². The first kappa shape index (κ1) is 11.2. The van der Waals surface area contributed by atoms with E-state index in [1.807, 2.05) is 6.92 Å². The summed E-state index contributed by atoms with van der Waals surface area (Å²) in [4.78, 5) is 6.82. The molecule has 94 valence electrons. The summed E-state index contributed by atoms with van der Waals surface area (Å²) in [6.07, 6.45) is 4.72. The number of aromatic nitrogens is 2. The van der Waals surface area contributed by atoms with Gasteiger partial charge in [-0.15, -0.1) is 0 Å². The Morgan fingerprint density at radius 2 is 2.24 bits per heavy atom. The molecule has 2 atom stereocenters. The molecule has 2 unspecified atom stereocenters. The van der Waals surface area contributed by atoms with E-state index in [9.17, 15) is 0 Å². The van der Waals surface area contributed by atoms with Crippen molar-refractivity contribution in [2.24, 2.45) is 0 Å². The molecule has 2 bridgehead atoms. The Bertz CT molecular complexity index is 378. The first-order valence-corrected chi connectivity index (χ1v) is 6.63. The molecule has 5 heteroatoms. The van der Waals surface area contributed by atoms with E-state index in [-0.39, 0.29) is 0 Å². The van der Waals surface area contributed by atoms with Crippen LogP contribution in [-0.4, -0.2) is 40.2 Å². The molecule has 1 aromatic heterocycles. The van der Waals surface area contributed by atoms with Crippen LogP contribution in [0.1, 0.15) is 37.9 Å². The van der Waals surface area contributed by atoms with E-state index >= 15 is 0 Å². The Balaban J connectivity index is 1.61. The smallest absolute Gasteiger partial charge is 0.226 e. The highest BCUT2D eigenvalue weighted by atomic mass is 16.5. The zero-order valence-corrected chi connectivity index (χ0v) is 10.4. The van der Waals surface area contributed by atoms with Gasteiger partial charge in [-0.25, -0.2) is 0 Å². The van der Waals surface area contributed by atoms with E-state index in [0.717, 1.165) is 43.8 Å². The van der Waals surface area contributed by atoms with E-state index in [1.54, 1.807) is 0 Å². The summed E-state index contributed by atoms with van der Waals surface area (Å²) in [6, 6.07) is 1.40. The summed E-state index contributed by atoms with van der Waals surface area (Å²) in [7, 11) is 0. The number of fused-ring (bicyclic) bond motifs is 2. The standard InChI is InChI=1S/C12H20N4O/c1-2-12-14-11(15-17-12)8-16-6-5-9-3-4-10(7-16)13-9/h9-10,13H,2-8H2,1H3. The van der Waals surface area contributed by atoms with Gasteiger partial charge in [0, 0.05) is 31.6 Å². The Morgan fingerprint density at radius 3 is 3.06 bits per heavy atom. The van der Waals surface area contributed by atoms with Crippen LogP contribution >= 0.6 is 0 Å².